The van der Waals surface area contributed by atoms with Crippen LogP contribution >= 0.6 is 11.6 Å². The van der Waals surface area contributed by atoms with Crippen LogP contribution in [0.3, 0.4) is 0 Å². The van der Waals surface area contributed by atoms with Gasteiger partial charge in [-0.25, -0.2) is 0 Å². The maximum atomic E-state index is 12.7. The summed E-state index contributed by atoms with van der Waals surface area (Å²) in [5.41, 5.74) is 2.56. The molecule has 1 aromatic heterocycles. The first-order valence-corrected chi connectivity index (χ1v) is 7.10. The lowest BCUT2D eigenvalue weighted by Gasteiger charge is -2.07. The summed E-state index contributed by atoms with van der Waals surface area (Å²) < 4.78 is 1.74. The van der Waals surface area contributed by atoms with E-state index < -0.39 is 11.9 Å². The Balaban J connectivity index is 2.07. The van der Waals surface area contributed by atoms with Gasteiger partial charge in [0.1, 0.15) is 5.69 Å². The number of aromatic nitrogens is 1. The molecule has 1 atom stereocenters. The zero-order valence-corrected chi connectivity index (χ0v) is 12.2. The summed E-state index contributed by atoms with van der Waals surface area (Å²) in [6.07, 6.45) is 0.496. The van der Waals surface area contributed by atoms with Gasteiger partial charge < -0.3 is 9.67 Å². The van der Waals surface area contributed by atoms with Gasteiger partial charge in [-0.2, -0.15) is 0 Å². The number of aryl methyl sites for hydroxylation is 1. The SMILES string of the molecule is Cc1cccc(C(=O)c2c(Cl)cc3n2CCC3C(=O)O)c1. The number of rotatable bonds is 3. The summed E-state index contributed by atoms with van der Waals surface area (Å²) in [5.74, 6) is -1.62. The van der Waals surface area contributed by atoms with Crippen molar-refractivity contribution in [1.82, 2.24) is 4.57 Å². The van der Waals surface area contributed by atoms with Crippen molar-refractivity contribution >= 4 is 23.4 Å². The highest BCUT2D eigenvalue weighted by Crippen LogP contribution is 2.36. The zero-order valence-electron chi connectivity index (χ0n) is 11.5. The van der Waals surface area contributed by atoms with Crippen LogP contribution in [0.4, 0.5) is 0 Å². The van der Waals surface area contributed by atoms with E-state index in [0.717, 1.165) is 5.56 Å². The summed E-state index contributed by atoms with van der Waals surface area (Å²) in [4.78, 5) is 23.9. The van der Waals surface area contributed by atoms with Gasteiger partial charge >= 0.3 is 5.97 Å². The molecule has 4 nitrogen and oxygen atoms in total. The molecule has 0 aliphatic carbocycles. The highest BCUT2D eigenvalue weighted by atomic mass is 35.5. The Hall–Kier alpha value is -2.07. The van der Waals surface area contributed by atoms with E-state index in [4.69, 9.17) is 11.6 Å². The Morgan fingerprint density at radius 2 is 2.10 bits per heavy atom. The fourth-order valence-corrected chi connectivity index (χ4v) is 3.17. The Morgan fingerprint density at radius 1 is 1.33 bits per heavy atom. The van der Waals surface area contributed by atoms with Gasteiger partial charge in [-0.3, -0.25) is 9.59 Å². The van der Waals surface area contributed by atoms with Crippen molar-refractivity contribution in [3.8, 4) is 0 Å². The second-order valence-electron chi connectivity index (χ2n) is 5.30. The third-order valence-corrected chi connectivity index (χ3v) is 4.16. The molecule has 0 bridgehead atoms. The number of hydrogen-bond donors (Lipinski definition) is 1. The predicted molar refractivity (Wildman–Crippen MR) is 79.0 cm³/mol. The Kier molecular flexibility index (Phi) is 3.33. The molecule has 108 valence electrons. The first-order chi connectivity index (χ1) is 9.99. The van der Waals surface area contributed by atoms with Gasteiger partial charge in [0, 0.05) is 17.8 Å². The van der Waals surface area contributed by atoms with E-state index in [1.807, 2.05) is 25.1 Å². The normalized spacial score (nSPS) is 16.8. The molecule has 2 heterocycles. The number of carbonyl (C=O) groups excluding carboxylic acids is 1. The number of aliphatic carboxylic acids is 1. The van der Waals surface area contributed by atoms with Gasteiger partial charge in [0.25, 0.3) is 0 Å². The van der Waals surface area contributed by atoms with E-state index in [1.54, 1.807) is 16.7 Å². The van der Waals surface area contributed by atoms with Crippen molar-refractivity contribution in [2.24, 2.45) is 0 Å². The van der Waals surface area contributed by atoms with Crippen LogP contribution in [-0.4, -0.2) is 21.4 Å². The van der Waals surface area contributed by atoms with Gasteiger partial charge in [-0.1, -0.05) is 35.4 Å². The average molecular weight is 304 g/mol. The fourth-order valence-electron chi connectivity index (χ4n) is 2.87. The Morgan fingerprint density at radius 3 is 2.76 bits per heavy atom. The largest absolute Gasteiger partial charge is 0.481 e. The molecule has 0 saturated heterocycles. The summed E-state index contributed by atoms with van der Waals surface area (Å²) in [5, 5.41) is 9.53. The molecule has 21 heavy (non-hydrogen) atoms. The lowest BCUT2D eigenvalue weighted by molar-refractivity contribution is -0.138. The van der Waals surface area contributed by atoms with E-state index in [1.165, 1.54) is 0 Å². The van der Waals surface area contributed by atoms with Crippen LogP contribution in [0, 0.1) is 6.92 Å². The van der Waals surface area contributed by atoms with Crippen molar-refractivity contribution < 1.29 is 14.7 Å². The van der Waals surface area contributed by atoms with Crippen molar-refractivity contribution in [1.29, 1.82) is 0 Å². The maximum Gasteiger partial charge on any atom is 0.312 e. The monoisotopic (exact) mass is 303 g/mol. The quantitative estimate of drug-likeness (QED) is 0.885. The lowest BCUT2D eigenvalue weighted by Crippen LogP contribution is -2.10. The molecule has 0 fully saturated rings. The first-order valence-electron chi connectivity index (χ1n) is 6.72. The van der Waals surface area contributed by atoms with Crippen LogP contribution in [0.5, 0.6) is 0 Å². The second-order valence-corrected chi connectivity index (χ2v) is 5.70. The number of halogens is 1. The highest BCUT2D eigenvalue weighted by Gasteiger charge is 2.33. The van der Waals surface area contributed by atoms with Crippen LogP contribution in [0.25, 0.3) is 0 Å². The van der Waals surface area contributed by atoms with E-state index in [2.05, 4.69) is 0 Å². The molecule has 1 aliphatic rings. The van der Waals surface area contributed by atoms with E-state index in [0.29, 0.717) is 34.9 Å². The number of fused-ring (bicyclic) bond motifs is 1. The minimum absolute atomic E-state index is 0.166. The van der Waals surface area contributed by atoms with Crippen molar-refractivity contribution in [2.75, 3.05) is 0 Å². The van der Waals surface area contributed by atoms with Gasteiger partial charge in [-0.15, -0.1) is 0 Å². The zero-order chi connectivity index (χ0) is 15.1. The van der Waals surface area contributed by atoms with Crippen LogP contribution in [0.2, 0.25) is 5.02 Å². The molecular weight excluding hydrogens is 290 g/mol. The van der Waals surface area contributed by atoms with Crippen molar-refractivity contribution in [3.63, 3.8) is 0 Å². The van der Waals surface area contributed by atoms with E-state index >= 15 is 0 Å². The van der Waals surface area contributed by atoms with E-state index in [9.17, 15) is 14.7 Å². The van der Waals surface area contributed by atoms with E-state index in [-0.39, 0.29) is 5.78 Å². The van der Waals surface area contributed by atoms with Gasteiger partial charge in [0.05, 0.1) is 10.9 Å². The van der Waals surface area contributed by atoms with Crippen LogP contribution in [0.15, 0.2) is 30.3 Å². The summed E-state index contributed by atoms with van der Waals surface area (Å²) >= 11 is 6.18. The average Bonchev–Trinajstić information content (AvgIpc) is 2.95. The molecule has 1 aliphatic heterocycles. The minimum Gasteiger partial charge on any atom is -0.481 e. The molecule has 1 aromatic carbocycles. The standard InChI is InChI=1S/C16H14ClNO3/c1-9-3-2-4-10(7-9)15(19)14-12(17)8-13-11(16(20)21)5-6-18(13)14/h2-4,7-8,11H,5-6H2,1H3,(H,20,21). The number of ketones is 1. The van der Waals surface area contributed by atoms with Gasteiger partial charge in [0.2, 0.25) is 5.78 Å². The summed E-state index contributed by atoms with van der Waals surface area (Å²) in [6, 6.07) is 8.90. The molecular formula is C16H14ClNO3. The number of carboxylic acid groups (broad SMARTS) is 1. The Bertz CT molecular complexity index is 748. The molecule has 0 radical (unpaired) electrons. The number of carbonyl (C=O) groups is 2. The van der Waals surface area contributed by atoms with Gasteiger partial charge in [-0.05, 0) is 25.5 Å². The minimum atomic E-state index is -0.877. The predicted octanol–water partition coefficient (Wildman–Crippen LogP) is 3.25. The molecule has 0 spiro atoms. The third kappa shape index (κ3) is 2.25. The molecule has 3 rings (SSSR count). The topological polar surface area (TPSA) is 59.3 Å². The van der Waals surface area contributed by atoms with Crippen LogP contribution in [-0.2, 0) is 11.3 Å². The molecule has 0 saturated carbocycles. The molecule has 0 amide bonds. The molecule has 1 unspecified atom stereocenters. The van der Waals surface area contributed by atoms with Crippen LogP contribution < -0.4 is 0 Å². The first kappa shape index (κ1) is 13.9. The lowest BCUT2D eigenvalue weighted by atomic mass is 10.0. The highest BCUT2D eigenvalue weighted by molar-refractivity contribution is 6.35. The molecule has 2 aromatic rings. The molecule has 5 heteroatoms. The smallest absolute Gasteiger partial charge is 0.312 e. The molecule has 1 N–H and O–H groups in total. The maximum absolute atomic E-state index is 12.7. The van der Waals surface area contributed by atoms with Gasteiger partial charge in [0.15, 0.2) is 0 Å². The number of nitrogens with zero attached hydrogens (tertiary/aromatic N) is 1. The van der Waals surface area contributed by atoms with Crippen molar-refractivity contribution in [3.05, 3.63) is 57.9 Å². The number of benzene rings is 1. The summed E-state index contributed by atoms with van der Waals surface area (Å²) in [7, 11) is 0. The number of hydrogen-bond acceptors (Lipinski definition) is 2. The Labute approximate surface area is 127 Å². The second kappa shape index (κ2) is 5.04. The third-order valence-electron chi connectivity index (χ3n) is 3.87. The summed E-state index contributed by atoms with van der Waals surface area (Å²) in [6.45, 7) is 2.42. The fraction of sp³-hybridized carbons (Fsp3) is 0.250. The van der Waals surface area contributed by atoms with Crippen LogP contribution in [0.1, 0.15) is 39.6 Å². The number of carboxylic acids is 1. The van der Waals surface area contributed by atoms with Crippen molar-refractivity contribution in [2.45, 2.75) is 25.8 Å².